The summed E-state index contributed by atoms with van der Waals surface area (Å²) < 4.78 is 24.7. The molecule has 0 fully saturated rings. The number of nitrogens with one attached hydrogen (secondary N) is 1. The number of pyridine rings is 1. The van der Waals surface area contributed by atoms with E-state index in [1.54, 1.807) is 0 Å². The lowest BCUT2D eigenvalue weighted by atomic mass is 10.2. The Hall–Kier alpha value is -1.83. The molecule has 1 rings (SSSR count). The van der Waals surface area contributed by atoms with E-state index in [-0.39, 0.29) is 5.69 Å². The summed E-state index contributed by atoms with van der Waals surface area (Å²) in [7, 11) is 0. The van der Waals surface area contributed by atoms with Gasteiger partial charge in [0.2, 0.25) is 0 Å². The Morgan fingerprint density at radius 3 is 2.60 bits per heavy atom. The topological polar surface area (TPSA) is 96.2 Å². The van der Waals surface area contributed by atoms with Crippen molar-refractivity contribution < 1.29 is 18.8 Å². The monoisotopic (exact) mass is 220 g/mol. The Kier molecular flexibility index (Phi) is 3.10. The maximum atomic E-state index is 12.3. The molecule has 15 heavy (non-hydrogen) atoms. The molecule has 0 aliphatic rings. The molecule has 0 saturated heterocycles. The second-order valence-electron chi connectivity index (χ2n) is 2.64. The Labute approximate surface area is 81.3 Å². The first kappa shape index (κ1) is 11.2. The van der Waals surface area contributed by atoms with Crippen molar-refractivity contribution in [3.8, 4) is 0 Å². The van der Waals surface area contributed by atoms with Crippen molar-refractivity contribution in [1.29, 1.82) is 0 Å². The predicted molar refractivity (Wildman–Crippen MR) is 44.6 cm³/mol. The van der Waals surface area contributed by atoms with Crippen LogP contribution in [0.2, 0.25) is 0 Å². The van der Waals surface area contributed by atoms with Gasteiger partial charge in [-0.2, -0.15) is 0 Å². The van der Waals surface area contributed by atoms with Gasteiger partial charge < -0.3 is 10.1 Å². The first-order valence-corrected chi connectivity index (χ1v) is 3.77. The summed E-state index contributed by atoms with van der Waals surface area (Å²) in [6, 6.07) is 0.712. The van der Waals surface area contributed by atoms with Crippen molar-refractivity contribution in [2.24, 2.45) is 0 Å². The van der Waals surface area contributed by atoms with Crippen LogP contribution in [0.5, 0.6) is 0 Å². The van der Waals surface area contributed by atoms with E-state index in [9.17, 15) is 23.7 Å². The van der Waals surface area contributed by atoms with E-state index in [0.717, 1.165) is 0 Å². The summed E-state index contributed by atoms with van der Waals surface area (Å²) in [5, 5.41) is 18.9. The maximum Gasteiger partial charge on any atom is 0.341 e. The zero-order valence-corrected chi connectivity index (χ0v) is 7.24. The molecule has 6 nitrogen and oxygen atoms in total. The van der Waals surface area contributed by atoms with Crippen LogP contribution in [0.25, 0.3) is 0 Å². The number of alkyl halides is 2. The largest absolute Gasteiger partial charge is 0.390 e. The first-order chi connectivity index (χ1) is 6.97. The number of H-pyrrole nitrogens is 1. The second kappa shape index (κ2) is 4.13. The van der Waals surface area contributed by atoms with Gasteiger partial charge in [0.1, 0.15) is 0 Å². The van der Waals surface area contributed by atoms with Gasteiger partial charge in [-0.15, -0.1) is 0 Å². The van der Waals surface area contributed by atoms with E-state index in [1.165, 1.54) is 0 Å². The number of nitro groups is 1. The fraction of sp³-hybridized carbons (Fsp3) is 0.286. The molecular formula is C7H6F2N2O4. The smallest absolute Gasteiger partial charge is 0.341 e. The Bertz CT molecular complexity index is 443. The lowest BCUT2D eigenvalue weighted by molar-refractivity contribution is -0.387. The van der Waals surface area contributed by atoms with Gasteiger partial charge in [-0.05, 0) is 0 Å². The van der Waals surface area contributed by atoms with Crippen LogP contribution in [-0.4, -0.2) is 15.0 Å². The van der Waals surface area contributed by atoms with Gasteiger partial charge in [-0.25, -0.2) is 8.78 Å². The summed E-state index contributed by atoms with van der Waals surface area (Å²) in [4.78, 5) is 22.2. The molecule has 0 aliphatic carbocycles. The van der Waals surface area contributed by atoms with Gasteiger partial charge in [0.15, 0.2) is 5.69 Å². The molecule has 0 spiro atoms. The average Bonchev–Trinajstić information content (AvgIpc) is 2.15. The summed E-state index contributed by atoms with van der Waals surface area (Å²) in [6.07, 6.45) is -3.18. The first-order valence-electron chi connectivity index (χ1n) is 3.77. The number of aromatic amines is 1. The number of aliphatic hydroxyl groups excluding tert-OH is 1. The number of halogens is 2. The SMILES string of the molecule is O=c1cc(CO)[nH]c(C(F)F)c1[N+](=O)[O-]. The Morgan fingerprint density at radius 1 is 1.60 bits per heavy atom. The molecule has 0 atom stereocenters. The maximum absolute atomic E-state index is 12.3. The van der Waals surface area contributed by atoms with Crippen LogP contribution in [0.15, 0.2) is 10.9 Å². The van der Waals surface area contributed by atoms with Crippen LogP contribution in [0, 0.1) is 10.1 Å². The number of aliphatic hydroxyl groups is 1. The molecule has 1 heterocycles. The van der Waals surface area contributed by atoms with Crippen LogP contribution in [0.3, 0.4) is 0 Å². The summed E-state index contributed by atoms with van der Waals surface area (Å²) in [6.45, 7) is -0.674. The summed E-state index contributed by atoms with van der Waals surface area (Å²) in [5.41, 5.74) is -3.63. The lowest BCUT2D eigenvalue weighted by Gasteiger charge is -2.03. The molecule has 1 aromatic heterocycles. The number of hydrogen-bond donors (Lipinski definition) is 2. The van der Waals surface area contributed by atoms with Crippen molar-refractivity contribution in [3.63, 3.8) is 0 Å². The van der Waals surface area contributed by atoms with E-state index in [4.69, 9.17) is 5.11 Å². The van der Waals surface area contributed by atoms with Crippen molar-refractivity contribution in [2.75, 3.05) is 0 Å². The average molecular weight is 220 g/mol. The van der Waals surface area contributed by atoms with Crippen LogP contribution in [0.1, 0.15) is 17.8 Å². The molecule has 8 heteroatoms. The predicted octanol–water partition coefficient (Wildman–Crippen LogP) is 0.713. The number of aromatic nitrogens is 1. The van der Waals surface area contributed by atoms with E-state index in [1.807, 2.05) is 4.98 Å². The van der Waals surface area contributed by atoms with Gasteiger partial charge in [0.25, 0.3) is 11.9 Å². The van der Waals surface area contributed by atoms with Crippen LogP contribution < -0.4 is 5.43 Å². The Morgan fingerprint density at radius 2 is 2.20 bits per heavy atom. The fourth-order valence-electron chi connectivity index (χ4n) is 1.06. The van der Waals surface area contributed by atoms with E-state index in [2.05, 4.69) is 0 Å². The molecule has 0 amide bonds. The van der Waals surface area contributed by atoms with Crippen molar-refractivity contribution in [3.05, 3.63) is 37.8 Å². The highest BCUT2D eigenvalue weighted by molar-refractivity contribution is 5.37. The highest BCUT2D eigenvalue weighted by atomic mass is 19.3. The third kappa shape index (κ3) is 2.15. The second-order valence-corrected chi connectivity index (χ2v) is 2.64. The normalized spacial score (nSPS) is 10.7. The molecule has 0 aliphatic heterocycles. The molecular weight excluding hydrogens is 214 g/mol. The molecule has 0 saturated carbocycles. The van der Waals surface area contributed by atoms with Gasteiger partial charge >= 0.3 is 5.69 Å². The standard InChI is InChI=1S/C7H6F2N2O4/c8-7(9)5-6(11(14)15)4(13)1-3(2-12)10-5/h1,7,12H,2H2,(H,10,13). The van der Waals surface area contributed by atoms with Crippen LogP contribution in [-0.2, 0) is 6.61 Å². The molecule has 0 radical (unpaired) electrons. The highest BCUT2D eigenvalue weighted by Crippen LogP contribution is 2.23. The minimum absolute atomic E-state index is 0.194. The zero-order chi connectivity index (χ0) is 11.6. The number of hydrogen-bond acceptors (Lipinski definition) is 4. The van der Waals surface area contributed by atoms with E-state index in [0.29, 0.717) is 6.07 Å². The summed E-state index contributed by atoms with van der Waals surface area (Å²) >= 11 is 0. The molecule has 0 aromatic carbocycles. The number of rotatable bonds is 3. The van der Waals surface area contributed by atoms with E-state index < -0.39 is 34.8 Å². The van der Waals surface area contributed by atoms with Gasteiger partial charge in [0.05, 0.1) is 11.5 Å². The molecule has 2 N–H and O–H groups in total. The van der Waals surface area contributed by atoms with Gasteiger partial charge in [0, 0.05) is 11.8 Å². The van der Waals surface area contributed by atoms with Crippen molar-refractivity contribution in [2.45, 2.75) is 13.0 Å². The molecule has 0 unspecified atom stereocenters. The minimum Gasteiger partial charge on any atom is -0.390 e. The van der Waals surface area contributed by atoms with E-state index >= 15 is 0 Å². The Balaban J connectivity index is 3.50. The lowest BCUT2D eigenvalue weighted by Crippen LogP contribution is -2.14. The highest BCUT2D eigenvalue weighted by Gasteiger charge is 2.26. The molecule has 0 bridgehead atoms. The molecule has 1 aromatic rings. The third-order valence-corrected chi connectivity index (χ3v) is 1.66. The quantitative estimate of drug-likeness (QED) is 0.579. The molecule has 82 valence electrons. The number of nitrogens with zero attached hydrogens (tertiary/aromatic N) is 1. The van der Waals surface area contributed by atoms with Crippen molar-refractivity contribution in [1.82, 2.24) is 4.98 Å². The summed E-state index contributed by atoms with van der Waals surface area (Å²) in [5.74, 6) is 0. The van der Waals surface area contributed by atoms with Gasteiger partial charge in [-0.1, -0.05) is 0 Å². The minimum atomic E-state index is -3.18. The van der Waals surface area contributed by atoms with Gasteiger partial charge in [-0.3, -0.25) is 14.9 Å². The zero-order valence-electron chi connectivity index (χ0n) is 7.24. The third-order valence-electron chi connectivity index (χ3n) is 1.66. The fourth-order valence-corrected chi connectivity index (χ4v) is 1.06. The van der Waals surface area contributed by atoms with Crippen LogP contribution in [0.4, 0.5) is 14.5 Å². The van der Waals surface area contributed by atoms with Crippen LogP contribution >= 0.6 is 0 Å². The van der Waals surface area contributed by atoms with Crippen molar-refractivity contribution >= 4 is 5.69 Å².